The molecule has 1 aliphatic carbocycles. The van der Waals surface area contributed by atoms with Crippen LogP contribution in [0.5, 0.6) is 0 Å². The van der Waals surface area contributed by atoms with E-state index in [4.69, 9.17) is 0 Å². The summed E-state index contributed by atoms with van der Waals surface area (Å²) in [6, 6.07) is 0.0786. The van der Waals surface area contributed by atoms with E-state index >= 15 is 0 Å². The van der Waals surface area contributed by atoms with E-state index in [9.17, 15) is 8.42 Å². The summed E-state index contributed by atoms with van der Waals surface area (Å²) >= 11 is 0. The van der Waals surface area contributed by atoms with Gasteiger partial charge in [-0.05, 0) is 45.4 Å². The third-order valence-electron chi connectivity index (χ3n) is 2.73. The molecule has 0 spiro atoms. The molecule has 1 unspecified atom stereocenters. The largest absolute Gasteiger partial charge is 0.277 e. The van der Waals surface area contributed by atoms with E-state index in [0.29, 0.717) is 0 Å². The fourth-order valence-electron chi connectivity index (χ4n) is 2.19. The van der Waals surface area contributed by atoms with Gasteiger partial charge in [0.2, 0.25) is 0 Å². The monoisotopic (exact) mass is 248 g/mol. The molecule has 1 aliphatic rings. The van der Waals surface area contributed by atoms with Gasteiger partial charge >= 0.3 is 0 Å². The number of rotatable bonds is 3. The molecule has 0 aromatic heterocycles. The van der Waals surface area contributed by atoms with Crippen molar-refractivity contribution >= 4 is 10.2 Å². The minimum atomic E-state index is -3.37. The Morgan fingerprint density at radius 1 is 1.25 bits per heavy atom. The van der Waals surface area contributed by atoms with Crippen molar-refractivity contribution in [3.8, 4) is 0 Å². The maximum absolute atomic E-state index is 11.8. The Labute approximate surface area is 99.4 Å². The highest BCUT2D eigenvalue weighted by atomic mass is 32.2. The first-order valence-corrected chi connectivity index (χ1v) is 7.29. The zero-order valence-corrected chi connectivity index (χ0v) is 11.7. The van der Waals surface area contributed by atoms with Crippen LogP contribution in [0.25, 0.3) is 0 Å². The van der Waals surface area contributed by atoms with Crippen molar-refractivity contribution < 1.29 is 8.42 Å². The predicted octanol–water partition coefficient (Wildman–Crippen LogP) is 1.79. The van der Waals surface area contributed by atoms with Gasteiger partial charge in [0, 0.05) is 11.6 Å². The zero-order chi connectivity index (χ0) is 12.6. The Hall–Kier alpha value is -0.130. The fraction of sp³-hybridized carbons (Fsp3) is 1.00. The molecule has 16 heavy (non-hydrogen) atoms. The lowest BCUT2D eigenvalue weighted by Crippen LogP contribution is -2.49. The smallest absolute Gasteiger partial charge is 0.199 e. The van der Waals surface area contributed by atoms with E-state index in [2.05, 4.69) is 23.3 Å². The average molecular weight is 248 g/mol. The second-order valence-electron chi connectivity index (χ2n) is 6.58. The minimum Gasteiger partial charge on any atom is -0.199 e. The summed E-state index contributed by atoms with van der Waals surface area (Å²) in [5, 5.41) is 0. The van der Waals surface area contributed by atoms with Gasteiger partial charge in [0.1, 0.15) is 0 Å². The topological polar surface area (TPSA) is 58.2 Å². The molecular weight excluding hydrogens is 224 g/mol. The quantitative estimate of drug-likeness (QED) is 0.800. The molecule has 0 amide bonds. The van der Waals surface area contributed by atoms with Crippen LogP contribution in [0.15, 0.2) is 0 Å². The van der Waals surface area contributed by atoms with Crippen molar-refractivity contribution in [1.82, 2.24) is 9.44 Å². The molecule has 4 nitrogen and oxygen atoms in total. The molecule has 0 bridgehead atoms. The Morgan fingerprint density at radius 3 is 2.19 bits per heavy atom. The van der Waals surface area contributed by atoms with Gasteiger partial charge in [-0.1, -0.05) is 13.8 Å². The van der Waals surface area contributed by atoms with Gasteiger partial charge in [-0.3, -0.25) is 0 Å². The van der Waals surface area contributed by atoms with Gasteiger partial charge in [-0.25, -0.2) is 0 Å². The van der Waals surface area contributed by atoms with Crippen molar-refractivity contribution in [2.75, 3.05) is 0 Å². The second-order valence-corrected chi connectivity index (χ2v) is 8.02. The van der Waals surface area contributed by atoms with Gasteiger partial charge in [-0.2, -0.15) is 17.9 Å². The van der Waals surface area contributed by atoms with E-state index < -0.39 is 15.7 Å². The van der Waals surface area contributed by atoms with E-state index in [1.807, 2.05) is 20.8 Å². The Kier molecular flexibility index (Phi) is 3.72. The molecule has 0 radical (unpaired) electrons. The molecule has 5 heteroatoms. The molecule has 2 N–H and O–H groups in total. The zero-order valence-electron chi connectivity index (χ0n) is 10.9. The Bertz CT molecular complexity index is 341. The summed E-state index contributed by atoms with van der Waals surface area (Å²) in [6.07, 6.45) is 2.92. The first-order valence-electron chi connectivity index (χ1n) is 5.80. The maximum Gasteiger partial charge on any atom is 0.277 e. The van der Waals surface area contributed by atoms with Gasteiger partial charge in [-0.15, -0.1) is 0 Å². The van der Waals surface area contributed by atoms with Crippen molar-refractivity contribution in [3.63, 3.8) is 0 Å². The van der Waals surface area contributed by atoms with Crippen molar-refractivity contribution in [1.29, 1.82) is 0 Å². The molecule has 1 rings (SSSR count). The van der Waals surface area contributed by atoms with E-state index in [0.717, 1.165) is 19.3 Å². The lowest BCUT2D eigenvalue weighted by atomic mass is 9.92. The number of nitrogens with one attached hydrogen (secondary N) is 2. The second kappa shape index (κ2) is 4.27. The van der Waals surface area contributed by atoms with Crippen LogP contribution >= 0.6 is 0 Å². The molecular formula is C11H24N2O2S. The van der Waals surface area contributed by atoms with Gasteiger partial charge in [0.05, 0.1) is 0 Å². The average Bonchev–Trinajstić information content (AvgIpc) is 2.22. The van der Waals surface area contributed by atoms with Crippen LogP contribution in [-0.4, -0.2) is 20.0 Å². The van der Waals surface area contributed by atoms with Gasteiger partial charge in [0.25, 0.3) is 10.2 Å². The lowest BCUT2D eigenvalue weighted by Gasteiger charge is -2.23. The number of hydrogen-bond donors (Lipinski definition) is 2. The fourth-order valence-corrected chi connectivity index (χ4v) is 3.69. The highest BCUT2D eigenvalue weighted by Crippen LogP contribution is 2.37. The van der Waals surface area contributed by atoms with Crippen LogP contribution in [0.1, 0.15) is 53.9 Å². The standard InChI is InChI=1S/C11H24N2O2S/c1-10(2,3)13-16(14,15)12-9-6-7-11(4,5)8-9/h9,12-13H,6-8H2,1-5H3. The SMILES string of the molecule is CC1(C)CCC(NS(=O)(=O)NC(C)(C)C)C1. The summed E-state index contributed by atoms with van der Waals surface area (Å²) in [6.45, 7) is 9.87. The Balaban J connectivity index is 2.55. The first kappa shape index (κ1) is 13.9. The van der Waals surface area contributed by atoms with E-state index in [1.54, 1.807) is 0 Å². The maximum atomic E-state index is 11.8. The number of hydrogen-bond acceptors (Lipinski definition) is 2. The molecule has 1 saturated carbocycles. The van der Waals surface area contributed by atoms with Crippen molar-refractivity contribution in [2.24, 2.45) is 5.41 Å². The predicted molar refractivity (Wildman–Crippen MR) is 66.4 cm³/mol. The van der Waals surface area contributed by atoms with Crippen molar-refractivity contribution in [2.45, 2.75) is 65.5 Å². The third-order valence-corrected chi connectivity index (χ3v) is 4.26. The third kappa shape index (κ3) is 4.80. The van der Waals surface area contributed by atoms with Crippen LogP contribution in [0.3, 0.4) is 0 Å². The normalized spacial score (nSPS) is 25.9. The summed E-state index contributed by atoms with van der Waals surface area (Å²) in [7, 11) is -3.37. The summed E-state index contributed by atoms with van der Waals surface area (Å²) in [4.78, 5) is 0. The summed E-state index contributed by atoms with van der Waals surface area (Å²) < 4.78 is 28.9. The first-order chi connectivity index (χ1) is 6.99. The van der Waals surface area contributed by atoms with Gasteiger partial charge < -0.3 is 0 Å². The molecule has 1 fully saturated rings. The highest BCUT2D eigenvalue weighted by Gasteiger charge is 2.33. The van der Waals surface area contributed by atoms with Gasteiger partial charge in [0.15, 0.2) is 0 Å². The molecule has 0 aromatic carbocycles. The molecule has 1 atom stereocenters. The molecule has 0 saturated heterocycles. The molecule has 0 heterocycles. The molecule has 0 aliphatic heterocycles. The van der Waals surface area contributed by atoms with E-state index in [1.165, 1.54) is 0 Å². The van der Waals surface area contributed by atoms with Crippen molar-refractivity contribution in [3.05, 3.63) is 0 Å². The van der Waals surface area contributed by atoms with Crippen LogP contribution in [0.2, 0.25) is 0 Å². The molecule has 0 aromatic rings. The lowest BCUT2D eigenvalue weighted by molar-refractivity contribution is 0.371. The highest BCUT2D eigenvalue weighted by molar-refractivity contribution is 7.87. The van der Waals surface area contributed by atoms with Crippen LogP contribution in [-0.2, 0) is 10.2 Å². The van der Waals surface area contributed by atoms with Crippen LogP contribution < -0.4 is 9.44 Å². The minimum absolute atomic E-state index is 0.0786. The molecule has 96 valence electrons. The Morgan fingerprint density at radius 2 is 1.81 bits per heavy atom. The summed E-state index contributed by atoms with van der Waals surface area (Å²) in [5.74, 6) is 0. The van der Waals surface area contributed by atoms with E-state index in [-0.39, 0.29) is 11.5 Å². The van der Waals surface area contributed by atoms with Crippen LogP contribution in [0.4, 0.5) is 0 Å². The summed E-state index contributed by atoms with van der Waals surface area (Å²) in [5.41, 5.74) is -0.172. The van der Waals surface area contributed by atoms with Crippen LogP contribution in [0, 0.1) is 5.41 Å².